The van der Waals surface area contributed by atoms with Gasteiger partial charge in [-0.3, -0.25) is 0 Å². The van der Waals surface area contributed by atoms with Crippen LogP contribution in [0.5, 0.6) is 0 Å². The smallest absolute Gasteiger partial charge is 0.210 e. The number of fused-ring (bicyclic) bond motifs is 1. The molecule has 0 saturated carbocycles. The highest BCUT2D eigenvalue weighted by atomic mass is 127. The summed E-state index contributed by atoms with van der Waals surface area (Å²) < 4.78 is 29.2. The fourth-order valence-electron chi connectivity index (χ4n) is 3.41. The molecule has 0 N–H and O–H groups in total. The third kappa shape index (κ3) is 2.44. The minimum atomic E-state index is -3.52. The summed E-state index contributed by atoms with van der Waals surface area (Å²) in [4.78, 5) is 0.735. The molecule has 3 rings (SSSR count). The third-order valence-electron chi connectivity index (χ3n) is 4.97. The van der Waals surface area contributed by atoms with Crippen molar-refractivity contribution in [3.63, 3.8) is 0 Å². The zero-order valence-corrected chi connectivity index (χ0v) is 17.3. The molecular weight excluding hydrogens is 433 g/mol. The second-order valence-electron chi connectivity index (χ2n) is 6.54. The summed E-state index contributed by atoms with van der Waals surface area (Å²) >= 11 is 2.20. The first-order valence-corrected chi connectivity index (χ1v) is 10.5. The number of rotatable bonds is 3. The van der Waals surface area contributed by atoms with Crippen LogP contribution in [-0.2, 0) is 15.3 Å². The zero-order chi connectivity index (χ0) is 17.7. The molecule has 0 atom stereocenters. The van der Waals surface area contributed by atoms with Gasteiger partial charge in [-0.25, -0.2) is 8.42 Å². The molecule has 0 fully saturated rings. The largest absolute Gasteiger partial charge is 0.218 e. The number of hydrogen-bond donors (Lipinski definition) is 0. The monoisotopic (exact) mass is 454 g/mol. The van der Waals surface area contributed by atoms with Crippen LogP contribution in [0, 0.1) is 3.57 Å². The lowest BCUT2D eigenvalue weighted by Crippen LogP contribution is -2.27. The van der Waals surface area contributed by atoms with Crippen LogP contribution in [-0.4, -0.2) is 25.2 Å². The average Bonchev–Trinajstić information content (AvgIpc) is 2.75. The predicted molar refractivity (Wildman–Crippen MR) is 105 cm³/mol. The van der Waals surface area contributed by atoms with Crippen molar-refractivity contribution in [2.75, 3.05) is 6.54 Å². The van der Waals surface area contributed by atoms with Crippen molar-refractivity contribution in [2.45, 2.75) is 42.9 Å². The Morgan fingerprint density at radius 1 is 1.08 bits per heavy atom. The van der Waals surface area contributed by atoms with E-state index in [1.54, 1.807) is 30.3 Å². The number of benzene rings is 2. The maximum Gasteiger partial charge on any atom is 0.210 e. The molecule has 1 aliphatic rings. The van der Waals surface area contributed by atoms with Crippen LogP contribution in [0.1, 0.15) is 33.3 Å². The van der Waals surface area contributed by atoms with Crippen LogP contribution in [0.4, 0.5) is 5.69 Å². The first kappa shape index (κ1) is 17.6. The van der Waals surface area contributed by atoms with E-state index in [1.165, 1.54) is 5.71 Å². The summed E-state index contributed by atoms with van der Waals surface area (Å²) in [7, 11) is -3.52. The molecule has 0 bridgehead atoms. The number of halogens is 1. The van der Waals surface area contributed by atoms with E-state index in [9.17, 15) is 8.42 Å². The second kappa shape index (κ2) is 5.95. The van der Waals surface area contributed by atoms with Crippen LogP contribution >= 0.6 is 22.6 Å². The molecule has 0 unspecified atom stereocenters. The molecule has 1 aliphatic heterocycles. The molecule has 5 heteroatoms. The molecule has 0 radical (unpaired) electrons. The van der Waals surface area contributed by atoms with Gasteiger partial charge in [0.2, 0.25) is 15.5 Å². The van der Waals surface area contributed by atoms with Gasteiger partial charge in [0.05, 0.1) is 20.8 Å². The molecule has 24 heavy (non-hydrogen) atoms. The van der Waals surface area contributed by atoms with Crippen molar-refractivity contribution < 1.29 is 13.0 Å². The Kier molecular flexibility index (Phi) is 4.36. The topological polar surface area (TPSA) is 37.1 Å². The Bertz CT molecular complexity index is 945. The van der Waals surface area contributed by atoms with E-state index in [2.05, 4.69) is 54.9 Å². The summed E-state index contributed by atoms with van der Waals surface area (Å²) in [5, 5.41) is 0. The standard InChI is InChI=1S/C19H21INO2S/c1-5-21-13(2)19(3,4)17-15(21)11-12-16(18(17)20)24(22,23)14-9-7-6-8-10-14/h6-12H,5H2,1-4H3/q+1. The molecular formula is C19H21INO2S+. The summed E-state index contributed by atoms with van der Waals surface area (Å²) in [5.41, 5.74) is 3.31. The maximum atomic E-state index is 13.1. The van der Waals surface area contributed by atoms with Gasteiger partial charge in [0, 0.05) is 16.6 Å². The van der Waals surface area contributed by atoms with Crippen LogP contribution in [0.2, 0.25) is 0 Å². The molecule has 0 saturated heterocycles. The SMILES string of the molecule is CC[N+]1=C(C)C(C)(C)c2c1ccc(S(=O)(=O)c1ccccc1)c2I. The van der Waals surface area contributed by atoms with Gasteiger partial charge in [0.1, 0.15) is 6.54 Å². The van der Waals surface area contributed by atoms with Gasteiger partial charge in [-0.2, -0.15) is 4.58 Å². The van der Waals surface area contributed by atoms with E-state index in [-0.39, 0.29) is 5.41 Å². The molecule has 0 spiro atoms. The van der Waals surface area contributed by atoms with Crippen LogP contribution in [0.3, 0.4) is 0 Å². The minimum Gasteiger partial charge on any atom is -0.218 e. The van der Waals surface area contributed by atoms with Crippen molar-refractivity contribution in [1.82, 2.24) is 0 Å². The molecule has 0 aromatic heterocycles. The highest BCUT2D eigenvalue weighted by molar-refractivity contribution is 14.1. The Morgan fingerprint density at radius 3 is 2.29 bits per heavy atom. The fourth-order valence-corrected chi connectivity index (χ4v) is 6.76. The lowest BCUT2D eigenvalue weighted by molar-refractivity contribution is -0.434. The van der Waals surface area contributed by atoms with Crippen LogP contribution in [0.15, 0.2) is 52.3 Å². The van der Waals surface area contributed by atoms with Crippen molar-refractivity contribution in [3.05, 3.63) is 51.6 Å². The zero-order valence-electron chi connectivity index (χ0n) is 14.3. The quantitative estimate of drug-likeness (QED) is 0.505. The van der Waals surface area contributed by atoms with Gasteiger partial charge in [0.15, 0.2) is 5.71 Å². The number of sulfone groups is 1. The molecule has 126 valence electrons. The lowest BCUT2D eigenvalue weighted by Gasteiger charge is -2.18. The normalized spacial score (nSPS) is 16.4. The van der Waals surface area contributed by atoms with Gasteiger partial charge in [-0.1, -0.05) is 18.2 Å². The average molecular weight is 454 g/mol. The first-order valence-electron chi connectivity index (χ1n) is 7.97. The van der Waals surface area contributed by atoms with Gasteiger partial charge < -0.3 is 0 Å². The van der Waals surface area contributed by atoms with E-state index in [1.807, 2.05) is 12.1 Å². The minimum absolute atomic E-state index is 0.177. The molecule has 3 nitrogen and oxygen atoms in total. The van der Waals surface area contributed by atoms with Gasteiger partial charge in [-0.05, 0) is 61.6 Å². The van der Waals surface area contributed by atoms with Crippen molar-refractivity contribution in [3.8, 4) is 0 Å². The summed E-state index contributed by atoms with van der Waals surface area (Å²) in [6, 6.07) is 12.4. The lowest BCUT2D eigenvalue weighted by atomic mass is 9.82. The molecule has 1 heterocycles. The van der Waals surface area contributed by atoms with Crippen LogP contribution < -0.4 is 0 Å². The third-order valence-corrected chi connectivity index (χ3v) is 8.27. The Morgan fingerprint density at radius 2 is 1.71 bits per heavy atom. The Hall–Kier alpha value is -1.21. The summed E-state index contributed by atoms with van der Waals surface area (Å²) in [5.74, 6) is 0. The highest BCUT2D eigenvalue weighted by Crippen LogP contribution is 2.44. The fraction of sp³-hybridized carbons (Fsp3) is 0.316. The van der Waals surface area contributed by atoms with E-state index in [4.69, 9.17) is 0 Å². The molecule has 2 aromatic rings. The Labute approximate surface area is 157 Å². The summed E-state index contributed by atoms with van der Waals surface area (Å²) in [6.07, 6.45) is 0. The van der Waals surface area contributed by atoms with Gasteiger partial charge in [0.25, 0.3) is 0 Å². The first-order chi connectivity index (χ1) is 11.2. The van der Waals surface area contributed by atoms with E-state index < -0.39 is 9.84 Å². The number of nitrogens with zero attached hydrogens (tertiary/aromatic N) is 1. The van der Waals surface area contributed by atoms with E-state index >= 15 is 0 Å². The Balaban J connectivity index is 2.26. The molecule has 0 amide bonds. The van der Waals surface area contributed by atoms with Crippen molar-refractivity contribution in [1.29, 1.82) is 0 Å². The van der Waals surface area contributed by atoms with Gasteiger partial charge >= 0.3 is 0 Å². The van der Waals surface area contributed by atoms with E-state index in [0.717, 1.165) is 21.4 Å². The van der Waals surface area contributed by atoms with E-state index in [0.29, 0.717) is 9.79 Å². The summed E-state index contributed by atoms with van der Waals surface area (Å²) in [6.45, 7) is 9.46. The molecule has 2 aromatic carbocycles. The predicted octanol–water partition coefficient (Wildman–Crippen LogP) is 4.54. The van der Waals surface area contributed by atoms with Gasteiger partial charge in [-0.15, -0.1) is 0 Å². The van der Waals surface area contributed by atoms with Crippen molar-refractivity contribution >= 4 is 43.8 Å². The van der Waals surface area contributed by atoms with Crippen LogP contribution in [0.25, 0.3) is 0 Å². The maximum absolute atomic E-state index is 13.1. The second-order valence-corrected chi connectivity index (χ2v) is 9.54. The number of hydrogen-bond acceptors (Lipinski definition) is 2. The molecule has 0 aliphatic carbocycles. The van der Waals surface area contributed by atoms with Crippen molar-refractivity contribution in [2.24, 2.45) is 0 Å². The highest BCUT2D eigenvalue weighted by Gasteiger charge is 2.45.